The van der Waals surface area contributed by atoms with E-state index in [1.807, 2.05) is 37.3 Å². The van der Waals surface area contributed by atoms with E-state index in [0.717, 1.165) is 18.4 Å². The van der Waals surface area contributed by atoms with Gasteiger partial charge in [0.15, 0.2) is 0 Å². The molecular weight excluding hydrogens is 511 g/mol. The van der Waals surface area contributed by atoms with Gasteiger partial charge >= 0.3 is 13.2 Å². The highest BCUT2D eigenvalue weighted by Gasteiger charge is 2.67. The summed E-state index contributed by atoms with van der Waals surface area (Å²) in [5, 5.41) is 5.59. The lowest BCUT2D eigenvalue weighted by Crippen LogP contribution is -2.63. The molecule has 1 aromatic heterocycles. The summed E-state index contributed by atoms with van der Waals surface area (Å²) in [7, 11) is -0.540. The molecule has 2 N–H and O–H groups in total. The van der Waals surface area contributed by atoms with Crippen molar-refractivity contribution in [3.8, 4) is 0 Å². The molecule has 3 saturated carbocycles. The zero-order valence-corrected chi connectivity index (χ0v) is 23.5. The van der Waals surface area contributed by atoms with Gasteiger partial charge in [-0.05, 0) is 55.4 Å². The number of benzene rings is 1. The monoisotopic (exact) mass is 548 g/mol. The van der Waals surface area contributed by atoms with Gasteiger partial charge in [-0.25, -0.2) is 9.78 Å². The van der Waals surface area contributed by atoms with E-state index in [9.17, 15) is 14.4 Å². The van der Waals surface area contributed by atoms with Crippen LogP contribution in [0.3, 0.4) is 0 Å². The van der Waals surface area contributed by atoms with E-state index in [0.29, 0.717) is 36.9 Å². The SMILES string of the molecule is CC[C@H](NC(=O)[C@@H]1CCc2ncc(NC(=O)OCc3ccccc3)c(=O)n21)B1O[C@@H]2C3CC(C[C@]2(C)O1)C3(C)C. The Hall–Kier alpha value is -3.18. The van der Waals surface area contributed by atoms with Crippen molar-refractivity contribution in [1.29, 1.82) is 0 Å². The average Bonchev–Trinajstić information content (AvgIpc) is 3.54. The Morgan fingerprint density at radius 3 is 2.75 bits per heavy atom. The Labute approximate surface area is 234 Å². The maximum atomic E-state index is 13.5. The maximum absolute atomic E-state index is 13.5. The van der Waals surface area contributed by atoms with Crippen LogP contribution >= 0.6 is 0 Å². The van der Waals surface area contributed by atoms with Crippen molar-refractivity contribution in [3.63, 3.8) is 0 Å². The van der Waals surface area contributed by atoms with Crippen LogP contribution in [0.5, 0.6) is 0 Å². The lowest BCUT2D eigenvalue weighted by molar-refractivity contribution is -0.185. The van der Waals surface area contributed by atoms with Gasteiger partial charge in [-0.15, -0.1) is 0 Å². The predicted octanol–water partition coefficient (Wildman–Crippen LogP) is 3.64. The first-order valence-corrected chi connectivity index (χ1v) is 14.3. The number of ether oxygens (including phenoxy) is 1. The standard InChI is InChI=1S/C29H37BN4O6/c1-5-22(30-39-24-19-13-18(28(19,2)3)14-29(24,4)40-30)33-25(35)21-11-12-23-31-15-20(26(36)34(21)23)32-27(37)38-16-17-9-7-6-8-10-17/h6-10,15,18-19,21-22,24H,5,11-14,16H2,1-4H3,(H,32,37)(H,33,35)/t18?,19?,21-,22-,24+,29-/m0/s1. The maximum Gasteiger partial charge on any atom is 0.481 e. The first-order chi connectivity index (χ1) is 19.1. The number of rotatable bonds is 7. The molecule has 7 rings (SSSR count). The highest BCUT2D eigenvalue weighted by atomic mass is 16.7. The number of nitrogens with one attached hydrogen (secondary N) is 2. The first-order valence-electron chi connectivity index (χ1n) is 14.3. The Kier molecular flexibility index (Phi) is 6.77. The lowest BCUT2D eigenvalue weighted by atomic mass is 9.45. The lowest BCUT2D eigenvalue weighted by Gasteiger charge is -2.63. The second-order valence-corrected chi connectivity index (χ2v) is 12.4. The van der Waals surface area contributed by atoms with Crippen LogP contribution in [-0.4, -0.2) is 46.3 Å². The van der Waals surface area contributed by atoms with Gasteiger partial charge < -0.3 is 19.4 Å². The van der Waals surface area contributed by atoms with E-state index in [2.05, 4.69) is 36.4 Å². The molecule has 0 spiro atoms. The molecule has 40 heavy (non-hydrogen) atoms. The summed E-state index contributed by atoms with van der Waals surface area (Å²) >= 11 is 0. The molecule has 3 heterocycles. The van der Waals surface area contributed by atoms with Crippen LogP contribution in [0.1, 0.15) is 70.8 Å². The number of aromatic nitrogens is 2. The van der Waals surface area contributed by atoms with Gasteiger partial charge in [0.2, 0.25) is 5.91 Å². The molecule has 10 nitrogen and oxygen atoms in total. The molecule has 4 fully saturated rings. The Morgan fingerprint density at radius 2 is 2.02 bits per heavy atom. The molecule has 2 aromatic rings. The minimum absolute atomic E-state index is 0.0118. The van der Waals surface area contributed by atoms with E-state index in [-0.39, 0.29) is 41.3 Å². The van der Waals surface area contributed by atoms with Gasteiger partial charge in [0.1, 0.15) is 24.2 Å². The van der Waals surface area contributed by atoms with Gasteiger partial charge in [0, 0.05) is 6.42 Å². The molecule has 2 bridgehead atoms. The third-order valence-electron chi connectivity index (χ3n) is 9.70. The fourth-order valence-corrected chi connectivity index (χ4v) is 7.17. The van der Waals surface area contributed by atoms with E-state index >= 15 is 0 Å². The number of carbonyl (C=O) groups excluding carboxylic acids is 2. The number of aryl methyl sites for hydroxylation is 1. The van der Waals surface area contributed by atoms with Crippen molar-refractivity contribution < 1.29 is 23.6 Å². The number of fused-ring (bicyclic) bond motifs is 1. The van der Waals surface area contributed by atoms with Crippen molar-refractivity contribution in [2.24, 2.45) is 17.3 Å². The molecule has 2 unspecified atom stereocenters. The minimum atomic E-state index is -0.764. The molecule has 0 radical (unpaired) electrons. The zero-order chi connectivity index (χ0) is 28.2. The molecule has 2 aliphatic heterocycles. The molecule has 11 heteroatoms. The summed E-state index contributed by atoms with van der Waals surface area (Å²) < 4.78 is 19.6. The molecule has 6 atom stereocenters. The third kappa shape index (κ3) is 4.53. The number of carbonyl (C=O) groups is 2. The Bertz CT molecular complexity index is 1370. The van der Waals surface area contributed by atoms with Crippen LogP contribution in [0, 0.1) is 17.3 Å². The first kappa shape index (κ1) is 27.0. The van der Waals surface area contributed by atoms with Crippen LogP contribution in [0.25, 0.3) is 0 Å². The van der Waals surface area contributed by atoms with Crippen LogP contribution in [0.2, 0.25) is 0 Å². The molecule has 5 aliphatic rings. The third-order valence-corrected chi connectivity index (χ3v) is 9.70. The normalized spacial score (nSPS) is 30.1. The van der Waals surface area contributed by atoms with E-state index in [1.165, 1.54) is 10.8 Å². The van der Waals surface area contributed by atoms with Crippen LogP contribution in [-0.2, 0) is 31.9 Å². The number of hydrogen-bond acceptors (Lipinski definition) is 7. The quantitative estimate of drug-likeness (QED) is 0.507. The second-order valence-electron chi connectivity index (χ2n) is 12.4. The topological polar surface area (TPSA) is 121 Å². The smallest absolute Gasteiger partial charge is 0.444 e. The highest BCUT2D eigenvalue weighted by Crippen LogP contribution is 2.64. The Morgan fingerprint density at radius 1 is 1.25 bits per heavy atom. The molecule has 3 aliphatic carbocycles. The van der Waals surface area contributed by atoms with Crippen molar-refractivity contribution in [2.45, 2.75) is 90.1 Å². The molecule has 1 aromatic carbocycles. The predicted molar refractivity (Wildman–Crippen MR) is 148 cm³/mol. The average molecular weight is 548 g/mol. The summed E-state index contributed by atoms with van der Waals surface area (Å²) in [5.74, 6) is 0.956. The number of anilines is 1. The van der Waals surface area contributed by atoms with Gasteiger partial charge in [-0.3, -0.25) is 19.5 Å². The minimum Gasteiger partial charge on any atom is -0.444 e. The van der Waals surface area contributed by atoms with E-state index in [4.69, 9.17) is 14.0 Å². The van der Waals surface area contributed by atoms with Gasteiger partial charge in [0.25, 0.3) is 5.56 Å². The largest absolute Gasteiger partial charge is 0.481 e. The van der Waals surface area contributed by atoms with E-state index < -0.39 is 24.8 Å². The Balaban J connectivity index is 1.12. The summed E-state index contributed by atoms with van der Waals surface area (Å²) in [6, 6.07) is 8.51. The fraction of sp³-hybridized carbons (Fsp3) is 0.586. The van der Waals surface area contributed by atoms with Crippen molar-refractivity contribution in [1.82, 2.24) is 14.9 Å². The fourth-order valence-electron chi connectivity index (χ4n) is 7.17. The van der Waals surface area contributed by atoms with Crippen molar-refractivity contribution in [2.75, 3.05) is 5.32 Å². The molecular formula is C29H37BN4O6. The van der Waals surface area contributed by atoms with Crippen LogP contribution < -0.4 is 16.2 Å². The number of nitrogens with zero attached hydrogens (tertiary/aromatic N) is 2. The number of hydrogen-bond donors (Lipinski definition) is 2. The van der Waals surface area contributed by atoms with Crippen LogP contribution in [0.4, 0.5) is 10.5 Å². The number of amides is 2. The van der Waals surface area contributed by atoms with Gasteiger partial charge in [-0.1, -0.05) is 51.1 Å². The zero-order valence-electron chi connectivity index (χ0n) is 23.5. The highest BCUT2D eigenvalue weighted by molar-refractivity contribution is 6.47. The molecule has 1 saturated heterocycles. The van der Waals surface area contributed by atoms with Crippen molar-refractivity contribution in [3.05, 3.63) is 58.3 Å². The van der Waals surface area contributed by atoms with Gasteiger partial charge in [0.05, 0.1) is 23.8 Å². The summed E-state index contributed by atoms with van der Waals surface area (Å²) in [6.07, 6.45) is 4.24. The van der Waals surface area contributed by atoms with Crippen molar-refractivity contribution >= 4 is 24.8 Å². The summed E-state index contributed by atoms with van der Waals surface area (Å²) in [6.45, 7) is 8.83. The molecule has 2 amide bonds. The van der Waals surface area contributed by atoms with E-state index in [1.54, 1.807) is 0 Å². The second kappa shape index (κ2) is 10.0. The molecule has 212 valence electrons. The van der Waals surface area contributed by atoms with Gasteiger partial charge in [-0.2, -0.15) is 0 Å². The summed E-state index contributed by atoms with van der Waals surface area (Å²) in [5.41, 5.74) is 0.209. The summed E-state index contributed by atoms with van der Waals surface area (Å²) in [4.78, 5) is 43.6. The van der Waals surface area contributed by atoms with Crippen LogP contribution in [0.15, 0.2) is 41.3 Å².